The first-order valence-corrected chi connectivity index (χ1v) is 15.9. The minimum Gasteiger partial charge on any atom is -0.264 e. The van der Waals surface area contributed by atoms with Gasteiger partial charge in [0.05, 0.1) is 11.5 Å². The van der Waals surface area contributed by atoms with Crippen molar-refractivity contribution in [1.29, 1.82) is 0 Å². The average molecular weight is 661 g/mol. The van der Waals surface area contributed by atoms with E-state index in [4.69, 9.17) is 0 Å². The summed E-state index contributed by atoms with van der Waals surface area (Å²) >= 11 is 0. The molecule has 2 aromatic heterocycles. The molecule has 0 aliphatic rings. The smallest absolute Gasteiger partial charge is 0.158 e. The lowest BCUT2D eigenvalue weighted by atomic mass is 9.95. The maximum absolute atomic E-state index is 15.3. The van der Waals surface area contributed by atoms with E-state index >= 15 is 8.78 Å². The molecule has 0 bridgehead atoms. The topological polar surface area (TPSA) is 59.9 Å². The second-order valence-corrected chi connectivity index (χ2v) is 12.9. The first-order chi connectivity index (χ1) is 22.5. The third-order valence-electron chi connectivity index (χ3n) is 7.47. The molecule has 0 aliphatic carbocycles. The lowest BCUT2D eigenvalue weighted by Gasteiger charge is -2.13. The summed E-state index contributed by atoms with van der Waals surface area (Å²) in [6.07, 6.45) is 5.65. The van der Waals surface area contributed by atoms with Crippen molar-refractivity contribution in [3.05, 3.63) is 156 Å². The van der Waals surface area contributed by atoms with E-state index in [1.807, 2.05) is 0 Å². The molecule has 0 N–H and O–H groups in total. The molecule has 47 heavy (non-hydrogen) atoms. The van der Waals surface area contributed by atoms with Crippen molar-refractivity contribution in [3.8, 4) is 44.5 Å². The van der Waals surface area contributed by atoms with Crippen LogP contribution in [-0.2, 0) is 21.3 Å². The predicted molar refractivity (Wildman–Crippen MR) is 166 cm³/mol. The zero-order valence-corrected chi connectivity index (χ0v) is 25.0. The molecule has 0 amide bonds. The van der Waals surface area contributed by atoms with Gasteiger partial charge in [0.1, 0.15) is 34.9 Å². The van der Waals surface area contributed by atoms with Crippen molar-refractivity contribution in [1.82, 2.24) is 9.97 Å². The van der Waals surface area contributed by atoms with Crippen LogP contribution in [0, 0.1) is 34.9 Å². The van der Waals surface area contributed by atoms with Crippen LogP contribution in [-0.4, -0.2) is 18.4 Å². The first-order valence-electron chi connectivity index (χ1n) is 14.0. The van der Waals surface area contributed by atoms with Gasteiger partial charge in [-0.3, -0.25) is 9.97 Å². The molecule has 0 atom stereocenters. The van der Waals surface area contributed by atoms with Crippen LogP contribution in [0.3, 0.4) is 0 Å². The van der Waals surface area contributed by atoms with Crippen LogP contribution in [0.5, 0.6) is 0 Å². The minimum atomic E-state index is -4.08. The van der Waals surface area contributed by atoms with Gasteiger partial charge in [0.25, 0.3) is 0 Å². The molecule has 0 radical (unpaired) electrons. The van der Waals surface area contributed by atoms with Crippen LogP contribution in [0.4, 0.5) is 26.3 Å². The quantitative estimate of drug-likeness (QED) is 0.153. The van der Waals surface area contributed by atoms with E-state index in [0.29, 0.717) is 33.4 Å². The normalized spacial score (nSPS) is 11.5. The molecule has 2 heterocycles. The number of benzene rings is 4. The molecule has 0 saturated heterocycles. The molecule has 6 aromatic rings. The van der Waals surface area contributed by atoms with E-state index < -0.39 is 56.2 Å². The number of aromatic nitrogens is 2. The summed E-state index contributed by atoms with van der Waals surface area (Å²) in [7, 11) is -4.08. The Bertz CT molecular complexity index is 2070. The second-order valence-electron chi connectivity index (χ2n) is 10.8. The fourth-order valence-corrected chi connectivity index (χ4v) is 6.88. The number of nitrogens with zero attached hydrogens (tertiary/aromatic N) is 2. The molecule has 11 heteroatoms. The van der Waals surface area contributed by atoms with Crippen molar-refractivity contribution in [2.24, 2.45) is 0 Å². The fourth-order valence-electron chi connectivity index (χ4n) is 5.36. The SMILES string of the molecule is O=S(=O)(Cc1ccc(-c2cnccc2-c2cc(F)cc(F)c2)cc1F)Cc1ccc(-c2cnccc2-c2cc(F)cc(F)c2)cc1F. The Morgan fingerprint density at radius 1 is 0.447 bits per heavy atom. The zero-order valence-electron chi connectivity index (χ0n) is 24.2. The standard InChI is InChI=1S/C36H22F6N2O2S/c37-27-9-25(10-28(38)15-27)31-5-7-43-17-33(31)21-1-3-23(35(41)13-21)19-47(45,46)20-24-4-2-22(14-36(24)42)34-18-44-8-6-32(34)26-11-29(39)16-30(40)12-26/h1-18H,19-20H2. The van der Waals surface area contributed by atoms with Crippen LogP contribution in [0.2, 0.25) is 0 Å². The predicted octanol–water partition coefficient (Wildman–Crippen LogP) is 9.09. The van der Waals surface area contributed by atoms with E-state index in [1.54, 1.807) is 0 Å². The van der Waals surface area contributed by atoms with Crippen molar-refractivity contribution in [3.63, 3.8) is 0 Å². The van der Waals surface area contributed by atoms with Gasteiger partial charge in [0.2, 0.25) is 0 Å². The lowest BCUT2D eigenvalue weighted by molar-refractivity contribution is 0.580. The number of hydrogen-bond acceptors (Lipinski definition) is 4. The summed E-state index contributed by atoms with van der Waals surface area (Å²) in [5.41, 5.74) is 2.22. The molecule has 236 valence electrons. The summed E-state index contributed by atoms with van der Waals surface area (Å²) in [6.45, 7) is 0. The highest BCUT2D eigenvalue weighted by Gasteiger charge is 2.20. The van der Waals surface area contributed by atoms with Crippen molar-refractivity contribution >= 4 is 9.84 Å². The van der Waals surface area contributed by atoms with E-state index in [2.05, 4.69) is 9.97 Å². The van der Waals surface area contributed by atoms with E-state index in [-0.39, 0.29) is 22.3 Å². The van der Waals surface area contributed by atoms with Crippen molar-refractivity contribution in [2.75, 3.05) is 0 Å². The Hall–Kier alpha value is -5.29. The van der Waals surface area contributed by atoms with Crippen molar-refractivity contribution in [2.45, 2.75) is 11.5 Å². The molecule has 0 saturated carbocycles. The summed E-state index contributed by atoms with van der Waals surface area (Å²) in [6, 6.07) is 16.7. The van der Waals surface area contributed by atoms with Crippen LogP contribution in [0.15, 0.2) is 110 Å². The highest BCUT2D eigenvalue weighted by molar-refractivity contribution is 7.89. The number of hydrogen-bond donors (Lipinski definition) is 0. The maximum Gasteiger partial charge on any atom is 0.158 e. The molecule has 0 fully saturated rings. The first kappa shape index (κ1) is 31.7. The molecule has 0 spiro atoms. The molecular weight excluding hydrogens is 638 g/mol. The van der Waals surface area contributed by atoms with Gasteiger partial charge in [0.15, 0.2) is 9.84 Å². The zero-order chi connectivity index (χ0) is 33.3. The molecule has 4 aromatic carbocycles. The second kappa shape index (κ2) is 12.8. The summed E-state index contributed by atoms with van der Waals surface area (Å²) in [4.78, 5) is 8.07. The summed E-state index contributed by atoms with van der Waals surface area (Å²) < 4.78 is 112. The number of pyridine rings is 2. The third-order valence-corrected chi connectivity index (χ3v) is 8.97. The van der Waals surface area contributed by atoms with Crippen LogP contribution in [0.25, 0.3) is 44.5 Å². The van der Waals surface area contributed by atoms with Crippen molar-refractivity contribution < 1.29 is 34.8 Å². The number of halogens is 6. The van der Waals surface area contributed by atoms with Crippen LogP contribution in [0.1, 0.15) is 11.1 Å². The van der Waals surface area contributed by atoms with Gasteiger partial charge < -0.3 is 0 Å². The Balaban J connectivity index is 1.23. The highest BCUT2D eigenvalue weighted by atomic mass is 32.2. The Kier molecular flexibility index (Phi) is 8.65. The lowest BCUT2D eigenvalue weighted by Crippen LogP contribution is -2.10. The van der Waals surface area contributed by atoms with Crippen LogP contribution >= 0.6 is 0 Å². The van der Waals surface area contributed by atoms with Gasteiger partial charge in [0, 0.05) is 59.2 Å². The Morgan fingerprint density at radius 2 is 0.830 bits per heavy atom. The molecule has 0 unspecified atom stereocenters. The van der Waals surface area contributed by atoms with Gasteiger partial charge in [-0.1, -0.05) is 24.3 Å². The van der Waals surface area contributed by atoms with Gasteiger partial charge in [-0.25, -0.2) is 34.8 Å². The molecule has 0 aliphatic heterocycles. The van der Waals surface area contributed by atoms with Gasteiger partial charge in [-0.15, -0.1) is 0 Å². The third kappa shape index (κ3) is 7.10. The maximum atomic E-state index is 15.3. The Morgan fingerprint density at radius 3 is 1.19 bits per heavy atom. The average Bonchev–Trinajstić information content (AvgIpc) is 3.02. The number of sulfone groups is 1. The highest BCUT2D eigenvalue weighted by Crippen LogP contribution is 2.35. The molecule has 4 nitrogen and oxygen atoms in total. The van der Waals surface area contributed by atoms with Gasteiger partial charge in [-0.2, -0.15) is 0 Å². The monoisotopic (exact) mass is 660 g/mol. The Labute approximate surface area is 266 Å². The largest absolute Gasteiger partial charge is 0.264 e. The minimum absolute atomic E-state index is 0.157. The molecular formula is C36H22F6N2O2S. The van der Waals surface area contributed by atoms with Gasteiger partial charge >= 0.3 is 0 Å². The van der Waals surface area contributed by atoms with E-state index in [9.17, 15) is 26.0 Å². The number of rotatable bonds is 8. The van der Waals surface area contributed by atoms with E-state index in [0.717, 1.165) is 48.5 Å². The van der Waals surface area contributed by atoms with Gasteiger partial charge in [-0.05, 0) is 81.9 Å². The summed E-state index contributed by atoms with van der Waals surface area (Å²) in [5, 5.41) is 0. The summed E-state index contributed by atoms with van der Waals surface area (Å²) in [5.74, 6) is -6.31. The van der Waals surface area contributed by atoms with Crippen LogP contribution < -0.4 is 0 Å². The van der Waals surface area contributed by atoms with E-state index in [1.165, 1.54) is 61.2 Å². The molecule has 6 rings (SSSR count). The fraction of sp³-hybridized carbons (Fsp3) is 0.0556.